The number of hydrogen-bond donors (Lipinski definition) is 0. The van der Waals surface area contributed by atoms with Crippen molar-refractivity contribution in [3.05, 3.63) is 58.9 Å². The molecule has 1 aliphatic heterocycles. The van der Waals surface area contributed by atoms with Gasteiger partial charge >= 0.3 is 5.97 Å². The van der Waals surface area contributed by atoms with Gasteiger partial charge in [0, 0.05) is 13.1 Å². The van der Waals surface area contributed by atoms with E-state index in [0.29, 0.717) is 31.0 Å². The summed E-state index contributed by atoms with van der Waals surface area (Å²) in [6.07, 6.45) is 0.666. The summed E-state index contributed by atoms with van der Waals surface area (Å²) in [6.45, 7) is 0.517. The van der Waals surface area contributed by atoms with Crippen LogP contribution in [-0.2, 0) is 22.5 Å². The predicted molar refractivity (Wildman–Crippen MR) is 95.3 cm³/mol. The number of amides is 1. The third-order valence-corrected chi connectivity index (χ3v) is 4.46. The highest BCUT2D eigenvalue weighted by Gasteiger charge is 2.23. The summed E-state index contributed by atoms with van der Waals surface area (Å²) in [5.41, 5.74) is 2.13. The number of benzene rings is 2. The Morgan fingerprint density at radius 1 is 1.07 bits per heavy atom. The van der Waals surface area contributed by atoms with Crippen molar-refractivity contribution in [2.75, 3.05) is 27.4 Å². The summed E-state index contributed by atoms with van der Waals surface area (Å²) in [5, 5.41) is 0. The first-order valence-corrected chi connectivity index (χ1v) is 8.46. The number of hydrogen-bond acceptors (Lipinski definition) is 5. The largest absolute Gasteiger partial charge is 0.493 e. The standard InChI is InChI=1S/C20H20FNO5/c1-25-17-9-13-6-7-22(11-15(13)10-18(17)26-2)19(23)12-27-20(24)14-4-3-5-16(21)8-14/h3-5,8-10H,6-7,11-12H2,1-2H3. The Balaban J connectivity index is 1.63. The van der Waals surface area contributed by atoms with E-state index in [1.54, 1.807) is 19.1 Å². The zero-order valence-corrected chi connectivity index (χ0v) is 15.2. The van der Waals surface area contributed by atoms with Crippen LogP contribution in [0.15, 0.2) is 36.4 Å². The summed E-state index contributed by atoms with van der Waals surface area (Å²) >= 11 is 0. The van der Waals surface area contributed by atoms with E-state index in [1.807, 2.05) is 12.1 Å². The molecule has 27 heavy (non-hydrogen) atoms. The highest BCUT2D eigenvalue weighted by Crippen LogP contribution is 2.33. The minimum atomic E-state index is -0.730. The van der Waals surface area contributed by atoms with Crippen LogP contribution in [-0.4, -0.2) is 44.1 Å². The van der Waals surface area contributed by atoms with Crippen molar-refractivity contribution >= 4 is 11.9 Å². The number of methoxy groups -OCH3 is 2. The van der Waals surface area contributed by atoms with E-state index in [2.05, 4.69) is 0 Å². The number of carbonyl (C=O) groups is 2. The van der Waals surface area contributed by atoms with Gasteiger partial charge in [0.2, 0.25) is 0 Å². The van der Waals surface area contributed by atoms with Gasteiger partial charge in [-0.1, -0.05) is 6.07 Å². The third-order valence-electron chi connectivity index (χ3n) is 4.46. The number of nitrogens with zero attached hydrogens (tertiary/aromatic N) is 1. The molecule has 1 amide bonds. The van der Waals surface area contributed by atoms with E-state index in [1.165, 1.54) is 18.2 Å². The monoisotopic (exact) mass is 373 g/mol. The fourth-order valence-corrected chi connectivity index (χ4v) is 3.01. The lowest BCUT2D eigenvalue weighted by atomic mass is 9.99. The SMILES string of the molecule is COc1cc2c(cc1OC)CN(C(=O)COC(=O)c1cccc(F)c1)CC2. The molecule has 0 saturated carbocycles. The second-order valence-electron chi connectivity index (χ2n) is 6.13. The Kier molecular flexibility index (Phi) is 5.59. The van der Waals surface area contributed by atoms with Crippen LogP contribution in [0.25, 0.3) is 0 Å². The van der Waals surface area contributed by atoms with Crippen molar-refractivity contribution < 1.29 is 28.2 Å². The Morgan fingerprint density at radius 2 is 1.78 bits per heavy atom. The van der Waals surface area contributed by atoms with Crippen LogP contribution in [0, 0.1) is 5.82 Å². The van der Waals surface area contributed by atoms with E-state index in [4.69, 9.17) is 14.2 Å². The first kappa shape index (κ1) is 18.7. The predicted octanol–water partition coefficient (Wildman–Crippen LogP) is 2.58. The zero-order chi connectivity index (χ0) is 19.4. The summed E-state index contributed by atoms with van der Waals surface area (Å²) in [4.78, 5) is 26.0. The third kappa shape index (κ3) is 4.19. The molecule has 0 aromatic heterocycles. The molecule has 1 aliphatic rings. The Bertz CT molecular complexity index is 867. The first-order chi connectivity index (χ1) is 13.0. The minimum absolute atomic E-state index is 0.0728. The maximum Gasteiger partial charge on any atom is 0.338 e. The van der Waals surface area contributed by atoms with E-state index >= 15 is 0 Å². The smallest absolute Gasteiger partial charge is 0.338 e. The molecule has 0 fully saturated rings. The second kappa shape index (κ2) is 8.07. The molecule has 0 saturated heterocycles. The van der Waals surface area contributed by atoms with E-state index in [0.717, 1.165) is 17.2 Å². The van der Waals surface area contributed by atoms with Crippen LogP contribution in [0.2, 0.25) is 0 Å². The zero-order valence-electron chi connectivity index (χ0n) is 15.2. The van der Waals surface area contributed by atoms with Crippen molar-refractivity contribution in [2.24, 2.45) is 0 Å². The lowest BCUT2D eigenvalue weighted by molar-refractivity contribution is -0.135. The summed E-state index contributed by atoms with van der Waals surface area (Å²) in [5.74, 6) is -0.317. The van der Waals surface area contributed by atoms with Gasteiger partial charge in [-0.15, -0.1) is 0 Å². The van der Waals surface area contributed by atoms with Crippen LogP contribution in [0.1, 0.15) is 21.5 Å². The maximum absolute atomic E-state index is 13.2. The summed E-state index contributed by atoms with van der Waals surface area (Å²) in [6, 6.07) is 8.93. The van der Waals surface area contributed by atoms with Crippen molar-refractivity contribution in [3.8, 4) is 11.5 Å². The summed E-state index contributed by atoms with van der Waals surface area (Å²) < 4.78 is 28.8. The van der Waals surface area contributed by atoms with E-state index in [9.17, 15) is 14.0 Å². The van der Waals surface area contributed by atoms with Crippen molar-refractivity contribution in [3.63, 3.8) is 0 Å². The Labute approximate surface area is 156 Å². The maximum atomic E-state index is 13.2. The highest BCUT2D eigenvalue weighted by atomic mass is 19.1. The van der Waals surface area contributed by atoms with Crippen LogP contribution >= 0.6 is 0 Å². The van der Waals surface area contributed by atoms with Gasteiger partial charge in [-0.3, -0.25) is 4.79 Å². The molecule has 6 nitrogen and oxygen atoms in total. The molecule has 0 spiro atoms. The molecule has 2 aromatic rings. The fourth-order valence-electron chi connectivity index (χ4n) is 3.01. The molecule has 142 valence electrons. The molecule has 0 N–H and O–H groups in total. The molecular weight excluding hydrogens is 353 g/mol. The number of halogens is 1. The van der Waals surface area contributed by atoms with Crippen LogP contribution in [0.3, 0.4) is 0 Å². The van der Waals surface area contributed by atoms with Gasteiger partial charge in [-0.2, -0.15) is 0 Å². The molecule has 3 rings (SSSR count). The molecule has 2 aromatic carbocycles. The van der Waals surface area contributed by atoms with Crippen LogP contribution in [0.4, 0.5) is 4.39 Å². The van der Waals surface area contributed by atoms with Crippen LogP contribution < -0.4 is 9.47 Å². The van der Waals surface area contributed by atoms with Gasteiger partial charge in [0.15, 0.2) is 18.1 Å². The topological polar surface area (TPSA) is 65.1 Å². The van der Waals surface area contributed by atoms with E-state index in [-0.39, 0.29) is 11.5 Å². The number of esters is 1. The van der Waals surface area contributed by atoms with E-state index < -0.39 is 18.4 Å². The normalized spacial score (nSPS) is 12.9. The number of fused-ring (bicyclic) bond motifs is 1. The molecule has 0 bridgehead atoms. The number of carbonyl (C=O) groups excluding carboxylic acids is 2. The van der Waals surface area contributed by atoms with Gasteiger partial charge in [0.1, 0.15) is 5.82 Å². The second-order valence-corrected chi connectivity index (χ2v) is 6.13. The lowest BCUT2D eigenvalue weighted by Gasteiger charge is -2.29. The first-order valence-electron chi connectivity index (χ1n) is 8.46. The molecule has 7 heteroatoms. The average molecular weight is 373 g/mol. The van der Waals surface area contributed by atoms with Gasteiger partial charge in [-0.25, -0.2) is 9.18 Å². The molecule has 1 heterocycles. The molecular formula is C20H20FNO5. The van der Waals surface area contributed by atoms with Crippen molar-refractivity contribution in [1.29, 1.82) is 0 Å². The summed E-state index contributed by atoms with van der Waals surface area (Å²) in [7, 11) is 3.14. The molecule has 0 aliphatic carbocycles. The highest BCUT2D eigenvalue weighted by molar-refractivity contribution is 5.91. The number of rotatable bonds is 5. The van der Waals surface area contributed by atoms with Crippen molar-refractivity contribution in [1.82, 2.24) is 4.90 Å². The molecule has 0 unspecified atom stereocenters. The lowest BCUT2D eigenvalue weighted by Crippen LogP contribution is -2.38. The molecule has 0 atom stereocenters. The van der Waals surface area contributed by atoms with Gasteiger partial charge < -0.3 is 19.1 Å². The van der Waals surface area contributed by atoms with Crippen LogP contribution in [0.5, 0.6) is 11.5 Å². The fraction of sp³-hybridized carbons (Fsp3) is 0.300. The quantitative estimate of drug-likeness (QED) is 0.754. The van der Waals surface area contributed by atoms with Crippen molar-refractivity contribution in [2.45, 2.75) is 13.0 Å². The Morgan fingerprint density at radius 3 is 2.44 bits per heavy atom. The average Bonchev–Trinajstić information content (AvgIpc) is 2.70. The Hall–Kier alpha value is -3.09. The van der Waals surface area contributed by atoms with Gasteiger partial charge in [0.25, 0.3) is 5.91 Å². The molecule has 0 radical (unpaired) electrons. The van der Waals surface area contributed by atoms with Gasteiger partial charge in [-0.05, 0) is 47.9 Å². The number of ether oxygens (including phenoxy) is 3. The van der Waals surface area contributed by atoms with Gasteiger partial charge in [0.05, 0.1) is 19.8 Å². The minimum Gasteiger partial charge on any atom is -0.493 e.